The van der Waals surface area contributed by atoms with Crippen LogP contribution in [0.2, 0.25) is 0 Å². The van der Waals surface area contributed by atoms with Crippen molar-refractivity contribution in [1.82, 2.24) is 4.90 Å². The summed E-state index contributed by atoms with van der Waals surface area (Å²) >= 11 is 0. The van der Waals surface area contributed by atoms with Gasteiger partial charge in [0.05, 0.1) is 12.7 Å². The van der Waals surface area contributed by atoms with Gasteiger partial charge in [-0.25, -0.2) is 4.79 Å². The Morgan fingerprint density at radius 1 is 1.37 bits per heavy atom. The number of nitrogens with zero attached hydrogens (tertiary/aromatic N) is 1. The second-order valence-corrected chi connectivity index (χ2v) is 6.11. The number of nitrogens with two attached hydrogens (primary N) is 1. The molecular formula is C15H24N2O2. The zero-order valence-corrected chi connectivity index (χ0v) is 12.5. The minimum Gasteiger partial charge on any atom is -0.465 e. The van der Waals surface area contributed by atoms with Crippen LogP contribution >= 0.6 is 0 Å². The number of ether oxygens (including phenoxy) is 1. The fraction of sp³-hybridized carbons (Fsp3) is 0.533. The molecule has 0 saturated carbocycles. The van der Waals surface area contributed by atoms with Gasteiger partial charge in [0, 0.05) is 18.8 Å². The molecule has 4 nitrogen and oxygen atoms in total. The van der Waals surface area contributed by atoms with E-state index in [1.807, 2.05) is 19.2 Å². The molecule has 0 saturated heterocycles. The fourth-order valence-electron chi connectivity index (χ4n) is 2.26. The summed E-state index contributed by atoms with van der Waals surface area (Å²) in [6.07, 6.45) is 0. The molecule has 0 spiro atoms. The lowest BCUT2D eigenvalue weighted by Crippen LogP contribution is -2.29. The predicted molar refractivity (Wildman–Crippen MR) is 78.0 cm³/mol. The van der Waals surface area contributed by atoms with Crippen molar-refractivity contribution < 1.29 is 9.53 Å². The molecule has 1 rings (SSSR count). The maximum Gasteiger partial charge on any atom is 0.340 e. The van der Waals surface area contributed by atoms with Crippen LogP contribution in [-0.2, 0) is 11.3 Å². The number of carbonyl (C=O) groups excluding carboxylic acids is 1. The summed E-state index contributed by atoms with van der Waals surface area (Å²) in [5, 5.41) is 0. The highest BCUT2D eigenvalue weighted by molar-refractivity contribution is 5.96. The van der Waals surface area contributed by atoms with Gasteiger partial charge in [0.15, 0.2) is 0 Å². The first-order chi connectivity index (χ1) is 8.74. The fourth-order valence-corrected chi connectivity index (χ4v) is 2.26. The Morgan fingerprint density at radius 3 is 2.53 bits per heavy atom. The molecule has 0 unspecified atom stereocenters. The highest BCUT2D eigenvalue weighted by atomic mass is 16.5. The van der Waals surface area contributed by atoms with Gasteiger partial charge in [0.1, 0.15) is 0 Å². The molecule has 1 aromatic rings. The Balaban J connectivity index is 2.95. The molecule has 19 heavy (non-hydrogen) atoms. The lowest BCUT2D eigenvalue weighted by Gasteiger charge is -2.27. The molecule has 106 valence electrons. The molecule has 0 radical (unpaired) electrons. The number of hydrogen-bond donors (Lipinski definition) is 1. The van der Waals surface area contributed by atoms with Crippen LogP contribution in [0.25, 0.3) is 0 Å². The standard InChI is InChI=1S/C15H24N2O2/c1-15(2,3)10-17(4)9-11-7-6-8-12(16)13(11)14(18)19-5/h6-8H,9-10,16H2,1-5H3. The van der Waals surface area contributed by atoms with Crippen LogP contribution in [0.3, 0.4) is 0 Å². The number of carbonyl (C=O) groups is 1. The van der Waals surface area contributed by atoms with Crippen molar-refractivity contribution in [3.63, 3.8) is 0 Å². The molecule has 2 N–H and O–H groups in total. The largest absolute Gasteiger partial charge is 0.465 e. The minimum absolute atomic E-state index is 0.209. The van der Waals surface area contributed by atoms with Gasteiger partial charge < -0.3 is 15.4 Å². The van der Waals surface area contributed by atoms with Gasteiger partial charge in [-0.2, -0.15) is 0 Å². The zero-order chi connectivity index (χ0) is 14.6. The first kappa shape index (κ1) is 15.5. The van der Waals surface area contributed by atoms with E-state index in [4.69, 9.17) is 10.5 Å². The molecule has 0 aliphatic carbocycles. The van der Waals surface area contributed by atoms with Gasteiger partial charge in [-0.3, -0.25) is 0 Å². The smallest absolute Gasteiger partial charge is 0.340 e. The Bertz CT molecular complexity index is 450. The molecule has 0 atom stereocenters. The quantitative estimate of drug-likeness (QED) is 0.670. The highest BCUT2D eigenvalue weighted by Gasteiger charge is 2.18. The third-order valence-corrected chi connectivity index (χ3v) is 2.76. The maximum absolute atomic E-state index is 11.8. The van der Waals surface area contributed by atoms with E-state index in [-0.39, 0.29) is 11.4 Å². The van der Waals surface area contributed by atoms with Crippen molar-refractivity contribution in [3.05, 3.63) is 29.3 Å². The lowest BCUT2D eigenvalue weighted by molar-refractivity contribution is 0.0599. The van der Waals surface area contributed by atoms with E-state index in [1.165, 1.54) is 7.11 Å². The van der Waals surface area contributed by atoms with E-state index < -0.39 is 0 Å². The highest BCUT2D eigenvalue weighted by Crippen LogP contribution is 2.21. The number of nitrogen functional groups attached to an aromatic ring is 1. The Kier molecular flexibility index (Phi) is 4.95. The lowest BCUT2D eigenvalue weighted by atomic mass is 9.95. The summed E-state index contributed by atoms with van der Waals surface area (Å²) in [6, 6.07) is 5.50. The normalized spacial score (nSPS) is 11.7. The average Bonchev–Trinajstić information content (AvgIpc) is 2.25. The summed E-state index contributed by atoms with van der Waals surface area (Å²) in [4.78, 5) is 14.0. The van der Waals surface area contributed by atoms with Crippen molar-refractivity contribution in [3.8, 4) is 0 Å². The third-order valence-electron chi connectivity index (χ3n) is 2.76. The maximum atomic E-state index is 11.8. The van der Waals surface area contributed by atoms with E-state index in [9.17, 15) is 4.79 Å². The monoisotopic (exact) mass is 264 g/mol. The Morgan fingerprint density at radius 2 is 2.00 bits per heavy atom. The van der Waals surface area contributed by atoms with E-state index >= 15 is 0 Å². The number of anilines is 1. The molecule has 0 heterocycles. The van der Waals surface area contributed by atoms with Crippen molar-refractivity contribution in [2.75, 3.05) is 26.4 Å². The average molecular weight is 264 g/mol. The Labute approximate surface area is 115 Å². The number of esters is 1. The van der Waals surface area contributed by atoms with Crippen molar-refractivity contribution in [2.45, 2.75) is 27.3 Å². The molecule has 1 aromatic carbocycles. The van der Waals surface area contributed by atoms with Crippen LogP contribution in [0.4, 0.5) is 5.69 Å². The second-order valence-electron chi connectivity index (χ2n) is 6.11. The first-order valence-electron chi connectivity index (χ1n) is 6.39. The summed E-state index contributed by atoms with van der Waals surface area (Å²) in [6.45, 7) is 8.16. The molecular weight excluding hydrogens is 240 g/mol. The van der Waals surface area contributed by atoms with Crippen LogP contribution in [0.1, 0.15) is 36.7 Å². The van der Waals surface area contributed by atoms with Gasteiger partial charge in [0.25, 0.3) is 0 Å². The second kappa shape index (κ2) is 6.06. The Hall–Kier alpha value is -1.55. The number of rotatable bonds is 4. The van der Waals surface area contributed by atoms with Crippen molar-refractivity contribution >= 4 is 11.7 Å². The van der Waals surface area contributed by atoms with Crippen LogP contribution in [-0.4, -0.2) is 31.6 Å². The van der Waals surface area contributed by atoms with Crippen molar-refractivity contribution in [2.24, 2.45) is 5.41 Å². The number of hydrogen-bond acceptors (Lipinski definition) is 4. The van der Waals surface area contributed by atoms with Crippen LogP contribution < -0.4 is 5.73 Å². The third kappa shape index (κ3) is 4.56. The van der Waals surface area contributed by atoms with Crippen molar-refractivity contribution in [1.29, 1.82) is 0 Å². The topological polar surface area (TPSA) is 55.6 Å². The minimum atomic E-state index is -0.378. The van der Waals surface area contributed by atoms with E-state index in [2.05, 4.69) is 25.7 Å². The zero-order valence-electron chi connectivity index (χ0n) is 12.5. The summed E-state index contributed by atoms with van der Waals surface area (Å²) in [5.41, 5.74) is 7.94. The van der Waals surface area contributed by atoms with Gasteiger partial charge >= 0.3 is 5.97 Å². The van der Waals surface area contributed by atoms with E-state index in [0.29, 0.717) is 17.8 Å². The van der Waals surface area contributed by atoms with Gasteiger partial charge in [-0.1, -0.05) is 32.9 Å². The van der Waals surface area contributed by atoms with Crippen LogP contribution in [0, 0.1) is 5.41 Å². The summed E-state index contributed by atoms with van der Waals surface area (Å²) in [7, 11) is 3.41. The van der Waals surface area contributed by atoms with Crippen LogP contribution in [0.5, 0.6) is 0 Å². The number of methoxy groups -OCH3 is 1. The van der Waals surface area contributed by atoms with E-state index in [0.717, 1.165) is 12.1 Å². The molecule has 4 heteroatoms. The van der Waals surface area contributed by atoms with Crippen LogP contribution in [0.15, 0.2) is 18.2 Å². The van der Waals surface area contributed by atoms with Gasteiger partial charge in [0.2, 0.25) is 0 Å². The number of benzene rings is 1. The molecule has 0 bridgehead atoms. The summed E-state index contributed by atoms with van der Waals surface area (Å²) in [5.74, 6) is -0.378. The first-order valence-corrected chi connectivity index (χ1v) is 6.39. The molecule has 0 aliphatic rings. The molecule has 0 amide bonds. The van der Waals surface area contributed by atoms with Gasteiger partial charge in [-0.05, 0) is 24.1 Å². The summed E-state index contributed by atoms with van der Waals surface area (Å²) < 4.78 is 4.80. The van der Waals surface area contributed by atoms with E-state index in [1.54, 1.807) is 6.07 Å². The molecule has 0 fully saturated rings. The molecule has 0 aliphatic heterocycles. The predicted octanol–water partition coefficient (Wildman–Crippen LogP) is 2.53. The SMILES string of the molecule is COC(=O)c1c(N)cccc1CN(C)CC(C)(C)C. The molecule has 0 aromatic heterocycles. The van der Waals surface area contributed by atoms with Gasteiger partial charge in [-0.15, -0.1) is 0 Å².